The van der Waals surface area contributed by atoms with E-state index >= 15 is 0 Å². The van der Waals surface area contributed by atoms with E-state index in [1.165, 1.54) is 0 Å². The normalized spacial score (nSPS) is 17.5. The molecule has 11 nitrogen and oxygen atoms in total. The number of nitrogens with one attached hydrogen (secondary N) is 2. The summed E-state index contributed by atoms with van der Waals surface area (Å²) in [5, 5.41) is 6.45. The summed E-state index contributed by atoms with van der Waals surface area (Å²) >= 11 is 0. The monoisotopic (exact) mass is 680 g/mol. The van der Waals surface area contributed by atoms with E-state index in [0.717, 1.165) is 44.3 Å². The van der Waals surface area contributed by atoms with Gasteiger partial charge in [-0.2, -0.15) is 0 Å². The summed E-state index contributed by atoms with van der Waals surface area (Å²) in [5.41, 5.74) is 0.712. The number of likely N-dealkylation sites (tertiary alicyclic amines) is 1. The second-order valence-corrected chi connectivity index (χ2v) is 14.8. The molecule has 1 aromatic carbocycles. The number of nitrogens with zero attached hydrogens (tertiary/aromatic N) is 2. The van der Waals surface area contributed by atoms with Crippen LogP contribution < -0.4 is 15.4 Å². The lowest BCUT2D eigenvalue weighted by atomic mass is 9.92. The third-order valence-corrected chi connectivity index (χ3v) is 8.26. The highest BCUT2D eigenvalue weighted by Gasteiger charge is 2.31. The van der Waals surface area contributed by atoms with Gasteiger partial charge in [0.25, 0.3) is 6.47 Å². The average Bonchev–Trinajstić information content (AvgIpc) is 3.06. The first kappa shape index (κ1) is 39.4. The number of hydrogen-bond acceptors (Lipinski definition) is 9. The topological polar surface area (TPSA) is 136 Å². The van der Waals surface area contributed by atoms with Crippen molar-refractivity contribution in [1.29, 1.82) is 0 Å². The smallest absolute Gasteiger partial charge is 0.308 e. The molecule has 2 atom stereocenters. The Morgan fingerprint density at radius 1 is 1.02 bits per heavy atom. The van der Waals surface area contributed by atoms with E-state index in [1.807, 2.05) is 82.8 Å². The maximum Gasteiger partial charge on any atom is 0.308 e. The first-order valence-corrected chi connectivity index (χ1v) is 17.5. The standard InChI is InChI=1S/C33H46N4O5.C5H10O2/c1-33(2,3)42-31(39)19-29(27-18-28(21-35-20-27)41-23-25-8-5-4-6-9-25)36-32(40)26-10-7-17-37(22-26)30(38)12-11-24-13-15-34-16-14-24;1-5(2,3)7-4-6/h4-6,8-9,18,20-21,24,26,29,34H,7,10-17,19,22-23H2,1-3H3,(H,36,40);4H,1-3H3/t26-,29?;/m1./s1. The lowest BCUT2D eigenvalue weighted by Gasteiger charge is -2.33. The number of amides is 2. The molecular weight excluding hydrogens is 624 g/mol. The van der Waals surface area contributed by atoms with Crippen LogP contribution in [-0.2, 0) is 35.3 Å². The van der Waals surface area contributed by atoms with Gasteiger partial charge >= 0.3 is 5.97 Å². The molecular formula is C38H56N4O7. The van der Waals surface area contributed by atoms with E-state index < -0.39 is 17.6 Å². The molecule has 0 bridgehead atoms. The van der Waals surface area contributed by atoms with Gasteiger partial charge in [0.15, 0.2) is 0 Å². The molecule has 11 heteroatoms. The van der Waals surface area contributed by atoms with E-state index in [1.54, 1.807) is 12.4 Å². The minimum absolute atomic E-state index is 0.0432. The Morgan fingerprint density at radius 2 is 1.73 bits per heavy atom. The molecule has 0 saturated carbocycles. The van der Waals surface area contributed by atoms with Gasteiger partial charge in [0.1, 0.15) is 23.6 Å². The molecule has 1 unspecified atom stereocenters. The van der Waals surface area contributed by atoms with Crippen LogP contribution in [0.3, 0.4) is 0 Å². The first-order valence-electron chi connectivity index (χ1n) is 17.5. The minimum Gasteiger partial charge on any atom is -0.487 e. The fourth-order valence-corrected chi connectivity index (χ4v) is 5.76. The number of ether oxygens (including phenoxy) is 3. The van der Waals surface area contributed by atoms with Crippen molar-refractivity contribution in [3.05, 3.63) is 59.9 Å². The number of benzene rings is 1. The highest BCUT2D eigenvalue weighted by molar-refractivity contribution is 5.82. The van der Waals surface area contributed by atoms with Crippen molar-refractivity contribution in [2.45, 2.75) is 110 Å². The number of hydrogen-bond donors (Lipinski definition) is 2. The van der Waals surface area contributed by atoms with Crippen LogP contribution in [-0.4, -0.2) is 71.5 Å². The molecule has 49 heavy (non-hydrogen) atoms. The quantitative estimate of drug-likeness (QED) is 0.219. The lowest BCUT2D eigenvalue weighted by molar-refractivity contribution is -0.155. The number of aromatic nitrogens is 1. The average molecular weight is 681 g/mol. The lowest BCUT2D eigenvalue weighted by Crippen LogP contribution is -2.46. The molecule has 2 aliphatic heterocycles. The van der Waals surface area contributed by atoms with Gasteiger partial charge in [-0.3, -0.25) is 24.2 Å². The molecule has 2 aromatic rings. The summed E-state index contributed by atoms with van der Waals surface area (Å²) in [5.74, 6) is 0.338. The maximum absolute atomic E-state index is 13.6. The van der Waals surface area contributed by atoms with Gasteiger partial charge in [-0.15, -0.1) is 0 Å². The van der Waals surface area contributed by atoms with Crippen molar-refractivity contribution in [2.75, 3.05) is 26.2 Å². The molecule has 3 heterocycles. The molecule has 2 saturated heterocycles. The summed E-state index contributed by atoms with van der Waals surface area (Å²) in [6.45, 7) is 14.9. The van der Waals surface area contributed by atoms with Gasteiger partial charge < -0.3 is 29.7 Å². The summed E-state index contributed by atoms with van der Waals surface area (Å²) in [6.07, 6.45) is 8.35. The molecule has 2 fully saturated rings. The van der Waals surface area contributed by atoms with Crippen molar-refractivity contribution in [3.8, 4) is 5.75 Å². The Kier molecular flexibility index (Phi) is 15.5. The molecule has 2 N–H and O–H groups in total. The minimum atomic E-state index is -0.650. The zero-order valence-corrected chi connectivity index (χ0v) is 30.2. The van der Waals surface area contributed by atoms with Gasteiger partial charge in [-0.05, 0) is 110 Å². The van der Waals surface area contributed by atoms with Crippen molar-refractivity contribution in [2.24, 2.45) is 11.8 Å². The Bertz CT molecular complexity index is 1330. The van der Waals surface area contributed by atoms with Crippen molar-refractivity contribution < 1.29 is 33.4 Å². The van der Waals surface area contributed by atoms with E-state index in [4.69, 9.17) is 9.47 Å². The third-order valence-electron chi connectivity index (χ3n) is 8.26. The van der Waals surface area contributed by atoms with Crippen LogP contribution in [0.4, 0.5) is 0 Å². The SMILES string of the molecule is CC(C)(C)OC(=O)CC(NC(=O)[C@@H]1CCCN(C(=O)CCC2CCNCC2)C1)c1cncc(OCc2ccccc2)c1.CC(C)(C)OC=O. The van der Waals surface area contributed by atoms with Crippen LogP contribution in [0.2, 0.25) is 0 Å². The van der Waals surface area contributed by atoms with Gasteiger partial charge in [-0.1, -0.05) is 30.3 Å². The van der Waals surface area contributed by atoms with Crippen LogP contribution in [0.1, 0.15) is 104 Å². The van der Waals surface area contributed by atoms with Crippen LogP contribution in [0.15, 0.2) is 48.8 Å². The highest BCUT2D eigenvalue weighted by atomic mass is 16.6. The maximum atomic E-state index is 13.6. The molecule has 4 rings (SSSR count). The summed E-state index contributed by atoms with van der Waals surface area (Å²) in [4.78, 5) is 55.2. The van der Waals surface area contributed by atoms with Crippen LogP contribution in [0, 0.1) is 11.8 Å². The Balaban J connectivity index is 0.000000838. The van der Waals surface area contributed by atoms with Gasteiger partial charge in [-0.25, -0.2) is 0 Å². The second-order valence-electron chi connectivity index (χ2n) is 14.8. The van der Waals surface area contributed by atoms with Crippen molar-refractivity contribution >= 4 is 24.3 Å². The fraction of sp³-hybridized carbons (Fsp3) is 0.605. The third kappa shape index (κ3) is 15.4. The Labute approximate surface area is 291 Å². The zero-order valence-electron chi connectivity index (χ0n) is 30.2. The summed E-state index contributed by atoms with van der Waals surface area (Å²) < 4.78 is 16.1. The number of carbonyl (C=O) groups is 4. The van der Waals surface area contributed by atoms with Crippen LogP contribution in [0.5, 0.6) is 5.75 Å². The first-order chi connectivity index (χ1) is 23.2. The summed E-state index contributed by atoms with van der Waals surface area (Å²) in [6, 6.07) is 11.0. The molecule has 0 spiro atoms. The number of pyridine rings is 1. The molecule has 0 radical (unpaired) electrons. The van der Waals surface area contributed by atoms with Crippen molar-refractivity contribution in [1.82, 2.24) is 20.5 Å². The highest BCUT2D eigenvalue weighted by Crippen LogP contribution is 2.26. The van der Waals surface area contributed by atoms with Crippen LogP contribution in [0.25, 0.3) is 0 Å². The van der Waals surface area contributed by atoms with E-state index in [2.05, 4.69) is 20.4 Å². The molecule has 2 aliphatic rings. The van der Waals surface area contributed by atoms with Gasteiger partial charge in [0, 0.05) is 25.7 Å². The van der Waals surface area contributed by atoms with E-state index in [9.17, 15) is 19.2 Å². The van der Waals surface area contributed by atoms with Crippen molar-refractivity contribution in [3.63, 3.8) is 0 Å². The fourth-order valence-electron chi connectivity index (χ4n) is 5.76. The molecule has 2 amide bonds. The molecule has 0 aliphatic carbocycles. The predicted molar refractivity (Wildman–Crippen MR) is 187 cm³/mol. The number of rotatable bonds is 12. The molecule has 270 valence electrons. The van der Waals surface area contributed by atoms with E-state index in [-0.39, 0.29) is 29.8 Å². The zero-order chi connectivity index (χ0) is 35.9. The number of carbonyl (C=O) groups excluding carboxylic acids is 4. The summed E-state index contributed by atoms with van der Waals surface area (Å²) in [7, 11) is 0. The van der Waals surface area contributed by atoms with Gasteiger partial charge in [0.2, 0.25) is 11.8 Å². The molecule has 1 aromatic heterocycles. The van der Waals surface area contributed by atoms with E-state index in [0.29, 0.717) is 56.2 Å². The second kappa shape index (κ2) is 19.3. The number of piperidine rings is 2. The Morgan fingerprint density at radius 3 is 2.37 bits per heavy atom. The Hall–Kier alpha value is -3.99. The largest absolute Gasteiger partial charge is 0.487 e. The van der Waals surface area contributed by atoms with Gasteiger partial charge in [0.05, 0.1) is 24.6 Å². The predicted octanol–water partition coefficient (Wildman–Crippen LogP) is 5.53. The van der Waals surface area contributed by atoms with Crippen LogP contribution >= 0.6 is 0 Å². The number of esters is 1.